The average Bonchev–Trinajstić information content (AvgIpc) is 2.70. The standard InChI is InChI=1S/C10H11F3N4/c1-5(14)7-2-6-3-16-17(8(6)4-15-7)10(13)9(11)12/h2-5,9-10H,14H2,1H3/t5-,10?/m1/s1. The largest absolute Gasteiger partial charge is 0.323 e. The van der Waals surface area contributed by atoms with Crippen molar-refractivity contribution in [2.45, 2.75) is 25.7 Å². The molecule has 0 saturated heterocycles. The summed E-state index contributed by atoms with van der Waals surface area (Å²) < 4.78 is 38.3. The van der Waals surface area contributed by atoms with Crippen molar-refractivity contribution in [2.24, 2.45) is 5.73 Å². The van der Waals surface area contributed by atoms with E-state index in [9.17, 15) is 13.2 Å². The fraction of sp³-hybridized carbons (Fsp3) is 0.400. The minimum absolute atomic E-state index is 0.224. The number of halogens is 3. The Hall–Kier alpha value is -1.63. The molecule has 0 aromatic carbocycles. The molecule has 0 spiro atoms. The van der Waals surface area contributed by atoms with Crippen molar-refractivity contribution in [1.82, 2.24) is 14.8 Å². The number of rotatable bonds is 3. The second-order valence-electron chi connectivity index (χ2n) is 3.75. The van der Waals surface area contributed by atoms with Crippen LogP contribution in [0.5, 0.6) is 0 Å². The molecule has 2 rings (SSSR count). The van der Waals surface area contributed by atoms with Gasteiger partial charge >= 0.3 is 0 Å². The van der Waals surface area contributed by atoms with Crippen molar-refractivity contribution in [3.05, 3.63) is 24.2 Å². The second-order valence-corrected chi connectivity index (χ2v) is 3.75. The maximum atomic E-state index is 13.2. The zero-order valence-electron chi connectivity index (χ0n) is 9.02. The number of aromatic nitrogens is 3. The van der Waals surface area contributed by atoms with Gasteiger partial charge in [0.15, 0.2) is 0 Å². The van der Waals surface area contributed by atoms with Crippen LogP contribution in [0.1, 0.15) is 25.0 Å². The topological polar surface area (TPSA) is 56.7 Å². The average molecular weight is 244 g/mol. The van der Waals surface area contributed by atoms with E-state index in [2.05, 4.69) is 10.1 Å². The van der Waals surface area contributed by atoms with Gasteiger partial charge in [-0.2, -0.15) is 5.10 Å². The zero-order chi connectivity index (χ0) is 12.6. The van der Waals surface area contributed by atoms with Crippen LogP contribution < -0.4 is 5.73 Å². The van der Waals surface area contributed by atoms with E-state index in [-0.39, 0.29) is 11.6 Å². The fourth-order valence-electron chi connectivity index (χ4n) is 1.51. The summed E-state index contributed by atoms with van der Waals surface area (Å²) in [5.74, 6) is 0. The number of alkyl halides is 3. The third kappa shape index (κ3) is 2.10. The Kier molecular flexibility index (Phi) is 3.01. The molecule has 0 bridgehead atoms. The molecule has 2 aromatic rings. The monoisotopic (exact) mass is 244 g/mol. The summed E-state index contributed by atoms with van der Waals surface area (Å²) in [5.41, 5.74) is 6.46. The normalized spacial score (nSPS) is 15.4. The molecule has 2 heterocycles. The molecule has 2 N–H and O–H groups in total. The molecule has 0 aliphatic heterocycles. The molecule has 0 saturated carbocycles. The lowest BCUT2D eigenvalue weighted by Gasteiger charge is -2.09. The van der Waals surface area contributed by atoms with E-state index in [1.54, 1.807) is 13.0 Å². The van der Waals surface area contributed by atoms with E-state index in [1.165, 1.54) is 12.4 Å². The Morgan fingerprint density at radius 3 is 2.59 bits per heavy atom. The molecule has 0 fully saturated rings. The highest BCUT2D eigenvalue weighted by Crippen LogP contribution is 2.24. The predicted molar refractivity (Wildman–Crippen MR) is 56.3 cm³/mol. The Bertz CT molecular complexity index is 523. The lowest BCUT2D eigenvalue weighted by Crippen LogP contribution is -2.13. The summed E-state index contributed by atoms with van der Waals surface area (Å²) in [6.45, 7) is 1.75. The van der Waals surface area contributed by atoms with Crippen LogP contribution >= 0.6 is 0 Å². The summed E-state index contributed by atoms with van der Waals surface area (Å²) in [6, 6.07) is 1.33. The van der Waals surface area contributed by atoms with Crippen LogP contribution in [0.15, 0.2) is 18.5 Å². The van der Waals surface area contributed by atoms with Crippen LogP contribution in [0.3, 0.4) is 0 Å². The summed E-state index contributed by atoms with van der Waals surface area (Å²) in [6.07, 6.45) is -2.96. The molecule has 1 unspecified atom stereocenters. The van der Waals surface area contributed by atoms with E-state index in [1.807, 2.05) is 0 Å². The molecule has 0 radical (unpaired) electrons. The van der Waals surface area contributed by atoms with Crippen molar-refractivity contribution in [3.8, 4) is 0 Å². The number of pyridine rings is 1. The van der Waals surface area contributed by atoms with E-state index >= 15 is 0 Å². The molecular weight excluding hydrogens is 233 g/mol. The van der Waals surface area contributed by atoms with Crippen molar-refractivity contribution in [3.63, 3.8) is 0 Å². The Morgan fingerprint density at radius 2 is 2.00 bits per heavy atom. The van der Waals surface area contributed by atoms with Gasteiger partial charge in [0, 0.05) is 11.4 Å². The van der Waals surface area contributed by atoms with Crippen LogP contribution in [0.25, 0.3) is 10.9 Å². The summed E-state index contributed by atoms with van der Waals surface area (Å²) >= 11 is 0. The Morgan fingerprint density at radius 1 is 1.29 bits per heavy atom. The third-order valence-corrected chi connectivity index (χ3v) is 2.41. The maximum absolute atomic E-state index is 13.2. The van der Waals surface area contributed by atoms with E-state index in [0.717, 1.165) is 0 Å². The quantitative estimate of drug-likeness (QED) is 0.900. The Labute approximate surface area is 95.2 Å². The van der Waals surface area contributed by atoms with Crippen LogP contribution in [-0.2, 0) is 0 Å². The highest BCUT2D eigenvalue weighted by Gasteiger charge is 2.23. The molecule has 0 amide bonds. The summed E-state index contributed by atoms with van der Waals surface area (Å²) in [4.78, 5) is 3.98. The summed E-state index contributed by atoms with van der Waals surface area (Å²) in [7, 11) is 0. The van der Waals surface area contributed by atoms with E-state index in [4.69, 9.17) is 5.73 Å². The molecule has 17 heavy (non-hydrogen) atoms. The lowest BCUT2D eigenvalue weighted by atomic mass is 10.2. The predicted octanol–water partition coefficient (Wildman–Crippen LogP) is 2.18. The van der Waals surface area contributed by atoms with Gasteiger partial charge in [0.1, 0.15) is 0 Å². The van der Waals surface area contributed by atoms with Gasteiger partial charge in [-0.3, -0.25) is 4.98 Å². The first-order valence-corrected chi connectivity index (χ1v) is 5.01. The van der Waals surface area contributed by atoms with Gasteiger partial charge in [0.25, 0.3) is 12.7 Å². The van der Waals surface area contributed by atoms with Gasteiger partial charge in [0.05, 0.1) is 23.6 Å². The van der Waals surface area contributed by atoms with Crippen molar-refractivity contribution < 1.29 is 13.2 Å². The Balaban J connectivity index is 2.48. The van der Waals surface area contributed by atoms with Crippen LogP contribution in [0.4, 0.5) is 13.2 Å². The molecule has 0 aliphatic rings. The number of nitrogens with zero attached hydrogens (tertiary/aromatic N) is 3. The first-order chi connectivity index (χ1) is 8.00. The molecule has 0 aliphatic carbocycles. The number of fused-ring (bicyclic) bond motifs is 1. The number of nitrogens with two attached hydrogens (primary N) is 1. The second kappa shape index (κ2) is 4.33. The first-order valence-electron chi connectivity index (χ1n) is 5.01. The van der Waals surface area contributed by atoms with Gasteiger partial charge in [-0.1, -0.05) is 0 Å². The van der Waals surface area contributed by atoms with Gasteiger partial charge in [0.2, 0.25) is 0 Å². The van der Waals surface area contributed by atoms with Crippen molar-refractivity contribution in [1.29, 1.82) is 0 Å². The molecular formula is C10H11F3N4. The number of hydrogen-bond donors (Lipinski definition) is 1. The lowest BCUT2D eigenvalue weighted by molar-refractivity contribution is 0.00341. The minimum Gasteiger partial charge on any atom is -0.323 e. The number of hydrogen-bond acceptors (Lipinski definition) is 3. The molecule has 2 aromatic heterocycles. The highest BCUT2D eigenvalue weighted by atomic mass is 19.3. The van der Waals surface area contributed by atoms with Crippen molar-refractivity contribution in [2.75, 3.05) is 0 Å². The smallest absolute Gasteiger partial charge is 0.289 e. The molecule has 7 heteroatoms. The van der Waals surface area contributed by atoms with Crippen LogP contribution in [0, 0.1) is 0 Å². The molecule has 92 valence electrons. The van der Waals surface area contributed by atoms with E-state index in [0.29, 0.717) is 15.8 Å². The fourth-order valence-corrected chi connectivity index (χ4v) is 1.51. The van der Waals surface area contributed by atoms with Gasteiger partial charge in [-0.05, 0) is 13.0 Å². The van der Waals surface area contributed by atoms with Gasteiger partial charge < -0.3 is 5.73 Å². The molecule has 4 nitrogen and oxygen atoms in total. The van der Waals surface area contributed by atoms with Crippen LogP contribution in [-0.4, -0.2) is 21.2 Å². The minimum atomic E-state index is -3.12. The van der Waals surface area contributed by atoms with Crippen molar-refractivity contribution >= 4 is 10.9 Å². The van der Waals surface area contributed by atoms with Gasteiger partial charge in [-0.25, -0.2) is 17.9 Å². The van der Waals surface area contributed by atoms with Gasteiger partial charge in [-0.15, -0.1) is 0 Å². The maximum Gasteiger partial charge on any atom is 0.289 e. The first kappa shape index (κ1) is 11.8. The zero-order valence-corrected chi connectivity index (χ0v) is 9.02. The molecule has 2 atom stereocenters. The van der Waals surface area contributed by atoms with E-state index < -0.39 is 12.7 Å². The summed E-state index contributed by atoms with van der Waals surface area (Å²) in [5, 5.41) is 4.14. The highest BCUT2D eigenvalue weighted by molar-refractivity contribution is 5.78. The SMILES string of the molecule is C[C@@H](N)c1cc2cnn(C(F)C(F)F)c2cn1. The third-order valence-electron chi connectivity index (χ3n) is 2.41. The van der Waals surface area contributed by atoms with Crippen LogP contribution in [0.2, 0.25) is 0 Å².